The fourth-order valence-electron chi connectivity index (χ4n) is 2.68. The molecule has 1 N–H and O–H groups in total. The van der Waals surface area contributed by atoms with Crippen molar-refractivity contribution >= 4 is 11.6 Å². The van der Waals surface area contributed by atoms with Gasteiger partial charge in [-0.3, -0.25) is 14.9 Å². The molecule has 0 unspecified atom stereocenters. The highest BCUT2D eigenvalue weighted by Gasteiger charge is 2.24. The Labute approximate surface area is 168 Å². The number of carbonyl (C=O) groups is 1. The standard InChI is InChI=1S/C19H15F2N3O6/c1-28-17-7-13(15(24(26)27)8-18(17)29-2)19(25)22-9-11-6-16(30-23-11)12-4-3-10(20)5-14(12)21/h3-8H,9H2,1-2H3,(H,22,25). The van der Waals surface area contributed by atoms with Crippen LogP contribution in [0.25, 0.3) is 11.3 Å². The topological polar surface area (TPSA) is 117 Å². The Morgan fingerprint density at radius 3 is 2.50 bits per heavy atom. The average molecular weight is 419 g/mol. The SMILES string of the molecule is COc1cc(C(=O)NCc2cc(-c3ccc(F)cc3F)on2)c([N+](=O)[O-])cc1OC. The molecule has 0 aliphatic heterocycles. The molecule has 0 spiro atoms. The molecular formula is C19H15F2N3O6. The van der Waals surface area contributed by atoms with Crippen LogP contribution in [0.15, 0.2) is 40.9 Å². The normalized spacial score (nSPS) is 10.5. The first-order chi connectivity index (χ1) is 14.3. The van der Waals surface area contributed by atoms with E-state index < -0.39 is 28.2 Å². The molecule has 0 bridgehead atoms. The second kappa shape index (κ2) is 8.55. The van der Waals surface area contributed by atoms with E-state index in [2.05, 4.69) is 10.5 Å². The molecule has 0 saturated carbocycles. The summed E-state index contributed by atoms with van der Waals surface area (Å²) in [6, 6.07) is 6.60. The van der Waals surface area contributed by atoms with E-state index in [4.69, 9.17) is 14.0 Å². The van der Waals surface area contributed by atoms with Crippen molar-refractivity contribution < 1.29 is 32.5 Å². The minimum Gasteiger partial charge on any atom is -0.493 e. The first kappa shape index (κ1) is 20.7. The number of halogens is 2. The number of hydrogen-bond donors (Lipinski definition) is 1. The van der Waals surface area contributed by atoms with Gasteiger partial charge in [0.1, 0.15) is 22.9 Å². The Kier molecular flexibility index (Phi) is 5.90. The van der Waals surface area contributed by atoms with Crippen LogP contribution in [0.3, 0.4) is 0 Å². The molecule has 0 radical (unpaired) electrons. The maximum atomic E-state index is 13.9. The number of nitrogens with zero attached hydrogens (tertiary/aromatic N) is 2. The zero-order chi connectivity index (χ0) is 21.8. The molecule has 11 heteroatoms. The van der Waals surface area contributed by atoms with Gasteiger partial charge in [0.25, 0.3) is 11.6 Å². The Hall–Kier alpha value is -4.02. The number of nitro benzene ring substituents is 1. The molecule has 0 atom stereocenters. The third-order valence-electron chi connectivity index (χ3n) is 4.13. The third-order valence-corrected chi connectivity index (χ3v) is 4.13. The molecule has 9 nitrogen and oxygen atoms in total. The minimum atomic E-state index is -0.831. The van der Waals surface area contributed by atoms with Crippen molar-refractivity contribution in [3.05, 3.63) is 69.4 Å². The number of benzene rings is 2. The Bertz CT molecular complexity index is 1120. The Balaban J connectivity index is 1.79. The first-order valence-corrected chi connectivity index (χ1v) is 8.43. The molecule has 0 aliphatic rings. The summed E-state index contributed by atoms with van der Waals surface area (Å²) in [4.78, 5) is 23.1. The minimum absolute atomic E-state index is 0.00277. The highest BCUT2D eigenvalue weighted by molar-refractivity contribution is 5.99. The fourth-order valence-corrected chi connectivity index (χ4v) is 2.68. The molecule has 0 aliphatic carbocycles. The number of carbonyl (C=O) groups excluding carboxylic acids is 1. The monoisotopic (exact) mass is 419 g/mol. The molecule has 30 heavy (non-hydrogen) atoms. The van der Waals surface area contributed by atoms with E-state index in [-0.39, 0.29) is 40.6 Å². The van der Waals surface area contributed by atoms with Crippen LogP contribution in [-0.4, -0.2) is 30.2 Å². The van der Waals surface area contributed by atoms with Gasteiger partial charge in [-0.15, -0.1) is 0 Å². The molecular weight excluding hydrogens is 404 g/mol. The van der Waals surface area contributed by atoms with Crippen molar-refractivity contribution in [1.29, 1.82) is 0 Å². The highest BCUT2D eigenvalue weighted by atomic mass is 19.1. The van der Waals surface area contributed by atoms with Gasteiger partial charge in [-0.1, -0.05) is 5.16 Å². The van der Waals surface area contributed by atoms with Crippen molar-refractivity contribution in [2.45, 2.75) is 6.54 Å². The van der Waals surface area contributed by atoms with Gasteiger partial charge in [0, 0.05) is 18.2 Å². The van der Waals surface area contributed by atoms with E-state index in [1.54, 1.807) is 0 Å². The van der Waals surface area contributed by atoms with E-state index >= 15 is 0 Å². The second-order valence-electron chi connectivity index (χ2n) is 5.97. The maximum Gasteiger partial charge on any atom is 0.286 e. The van der Waals surface area contributed by atoms with Crippen LogP contribution in [-0.2, 0) is 6.54 Å². The van der Waals surface area contributed by atoms with Crippen molar-refractivity contribution in [2.24, 2.45) is 0 Å². The molecule has 0 fully saturated rings. The summed E-state index contributed by atoms with van der Waals surface area (Å²) in [7, 11) is 2.64. The lowest BCUT2D eigenvalue weighted by Gasteiger charge is -2.10. The number of methoxy groups -OCH3 is 2. The largest absolute Gasteiger partial charge is 0.493 e. The molecule has 0 saturated heterocycles. The van der Waals surface area contributed by atoms with Gasteiger partial charge in [-0.05, 0) is 12.1 Å². The van der Waals surface area contributed by atoms with Crippen LogP contribution in [0.5, 0.6) is 11.5 Å². The third kappa shape index (κ3) is 4.19. The number of rotatable bonds is 7. The van der Waals surface area contributed by atoms with E-state index in [1.807, 2.05) is 0 Å². The van der Waals surface area contributed by atoms with Crippen molar-refractivity contribution in [3.63, 3.8) is 0 Å². The second-order valence-corrected chi connectivity index (χ2v) is 5.97. The maximum absolute atomic E-state index is 13.9. The van der Waals surface area contributed by atoms with Crippen LogP contribution < -0.4 is 14.8 Å². The molecule has 1 heterocycles. The van der Waals surface area contributed by atoms with E-state index in [9.17, 15) is 23.7 Å². The first-order valence-electron chi connectivity index (χ1n) is 8.43. The number of aromatic nitrogens is 1. The van der Waals surface area contributed by atoms with Gasteiger partial charge in [0.05, 0.1) is 37.3 Å². The van der Waals surface area contributed by atoms with Gasteiger partial charge in [-0.25, -0.2) is 8.78 Å². The smallest absolute Gasteiger partial charge is 0.286 e. The van der Waals surface area contributed by atoms with Gasteiger partial charge < -0.3 is 19.3 Å². The number of hydrogen-bond acceptors (Lipinski definition) is 7. The van der Waals surface area contributed by atoms with Gasteiger partial charge in [-0.2, -0.15) is 0 Å². The molecule has 3 rings (SSSR count). The summed E-state index contributed by atoms with van der Waals surface area (Å²) >= 11 is 0. The average Bonchev–Trinajstić information content (AvgIpc) is 3.19. The van der Waals surface area contributed by atoms with E-state index in [1.165, 1.54) is 32.4 Å². The number of amides is 1. The molecule has 156 valence electrons. The van der Waals surface area contributed by atoms with Crippen LogP contribution in [0.4, 0.5) is 14.5 Å². The number of nitro groups is 1. The van der Waals surface area contributed by atoms with Crippen LogP contribution >= 0.6 is 0 Å². The van der Waals surface area contributed by atoms with Crippen LogP contribution in [0.1, 0.15) is 16.1 Å². The van der Waals surface area contributed by atoms with Crippen LogP contribution in [0.2, 0.25) is 0 Å². The molecule has 1 amide bonds. The van der Waals surface area contributed by atoms with E-state index in [0.717, 1.165) is 12.1 Å². The zero-order valence-electron chi connectivity index (χ0n) is 15.8. The zero-order valence-corrected chi connectivity index (χ0v) is 15.8. The predicted molar refractivity (Wildman–Crippen MR) is 99.2 cm³/mol. The van der Waals surface area contributed by atoms with Gasteiger partial charge in [0.15, 0.2) is 17.3 Å². The Morgan fingerprint density at radius 2 is 1.87 bits per heavy atom. The van der Waals surface area contributed by atoms with Gasteiger partial charge in [0.2, 0.25) is 0 Å². The molecule has 2 aromatic carbocycles. The summed E-state index contributed by atoms with van der Waals surface area (Å²) in [5.74, 6) is -2.05. The molecule has 1 aromatic heterocycles. The quantitative estimate of drug-likeness (QED) is 0.460. The van der Waals surface area contributed by atoms with Crippen molar-refractivity contribution in [1.82, 2.24) is 10.5 Å². The Morgan fingerprint density at radius 1 is 1.17 bits per heavy atom. The summed E-state index contributed by atoms with van der Waals surface area (Å²) in [6.45, 7) is -0.156. The summed E-state index contributed by atoms with van der Waals surface area (Å²) in [5, 5.41) is 17.5. The predicted octanol–water partition coefficient (Wildman–Crippen LogP) is 3.48. The van der Waals surface area contributed by atoms with Crippen molar-refractivity contribution in [3.8, 4) is 22.8 Å². The fraction of sp³-hybridized carbons (Fsp3) is 0.158. The van der Waals surface area contributed by atoms with Crippen LogP contribution in [0, 0.1) is 21.7 Å². The van der Waals surface area contributed by atoms with E-state index in [0.29, 0.717) is 6.07 Å². The highest BCUT2D eigenvalue weighted by Crippen LogP contribution is 2.34. The summed E-state index contributed by atoms with van der Waals surface area (Å²) in [5.41, 5.74) is -0.493. The number of ether oxygens (including phenoxy) is 2. The van der Waals surface area contributed by atoms with Gasteiger partial charge >= 0.3 is 0 Å². The number of nitrogens with one attached hydrogen (secondary N) is 1. The summed E-state index contributed by atoms with van der Waals surface area (Å²) in [6.07, 6.45) is 0. The summed E-state index contributed by atoms with van der Waals surface area (Å²) < 4.78 is 42.0. The van der Waals surface area contributed by atoms with Crippen molar-refractivity contribution in [2.75, 3.05) is 14.2 Å². The lowest BCUT2D eigenvalue weighted by atomic mass is 10.1. The lowest BCUT2D eigenvalue weighted by Crippen LogP contribution is -2.24. The lowest BCUT2D eigenvalue weighted by molar-refractivity contribution is -0.385. The molecule has 3 aromatic rings.